The van der Waals surface area contributed by atoms with Crippen LogP contribution in [0.4, 0.5) is 0 Å². The molecule has 3 atom stereocenters. The van der Waals surface area contributed by atoms with E-state index in [1.165, 1.54) is 0 Å². The minimum atomic E-state index is -0.186. The second kappa shape index (κ2) is 12.2. The van der Waals surface area contributed by atoms with E-state index in [4.69, 9.17) is 21.1 Å². The molecule has 1 aliphatic carbocycles. The van der Waals surface area contributed by atoms with Gasteiger partial charge in [-0.1, -0.05) is 32.0 Å². The lowest BCUT2D eigenvalue weighted by atomic mass is 9.87. The predicted octanol–water partition coefficient (Wildman–Crippen LogP) is 4.98. The number of hydrogen-bond acceptors (Lipinski definition) is 6. The zero-order valence-corrected chi connectivity index (χ0v) is 20.6. The van der Waals surface area contributed by atoms with Gasteiger partial charge in [-0.15, -0.1) is 0 Å². The van der Waals surface area contributed by atoms with Gasteiger partial charge in [-0.2, -0.15) is 5.10 Å². The number of carbonyl (C=O) groups excluding carboxylic acids is 1. The van der Waals surface area contributed by atoms with Crippen molar-refractivity contribution in [3.05, 3.63) is 35.3 Å². The number of hydrogen-bond donors (Lipinski definition) is 1. The Labute approximate surface area is 196 Å². The maximum Gasteiger partial charge on any atom is 0.309 e. The molecule has 1 unspecified atom stereocenters. The quantitative estimate of drug-likeness (QED) is 0.316. The van der Waals surface area contributed by atoms with Crippen LogP contribution in [0.3, 0.4) is 0 Å². The zero-order valence-electron chi connectivity index (χ0n) is 19.8. The number of nitrogens with zero attached hydrogens (tertiary/aromatic N) is 3. The first-order valence-corrected chi connectivity index (χ1v) is 11.7. The second-order valence-corrected chi connectivity index (χ2v) is 9.06. The number of aliphatic imine (C=N–C) groups is 1. The highest BCUT2D eigenvalue weighted by molar-refractivity contribution is 6.41. The third kappa shape index (κ3) is 6.94. The van der Waals surface area contributed by atoms with Crippen LogP contribution >= 0.6 is 11.6 Å². The van der Waals surface area contributed by atoms with Crippen LogP contribution in [0.1, 0.15) is 71.1 Å². The molecular formula is C24H36ClN3O4. The van der Waals surface area contributed by atoms with Crippen LogP contribution < -0.4 is 0 Å². The van der Waals surface area contributed by atoms with E-state index in [1.807, 2.05) is 13.8 Å². The van der Waals surface area contributed by atoms with Crippen LogP contribution in [0.2, 0.25) is 0 Å². The number of rotatable bonds is 9. The average Bonchev–Trinajstić information content (AvgIpc) is 3.12. The fourth-order valence-electron chi connectivity index (χ4n) is 3.82. The minimum absolute atomic E-state index is 0.120. The van der Waals surface area contributed by atoms with Crippen molar-refractivity contribution in [2.24, 2.45) is 23.9 Å². The van der Waals surface area contributed by atoms with E-state index in [0.717, 1.165) is 42.5 Å². The van der Waals surface area contributed by atoms with Crippen molar-refractivity contribution in [2.45, 2.75) is 78.6 Å². The van der Waals surface area contributed by atoms with Gasteiger partial charge in [0.15, 0.2) is 0 Å². The first-order valence-electron chi connectivity index (χ1n) is 11.3. The van der Waals surface area contributed by atoms with Crippen molar-refractivity contribution >= 4 is 29.0 Å². The summed E-state index contributed by atoms with van der Waals surface area (Å²) in [5, 5.41) is 14.3. The van der Waals surface area contributed by atoms with Crippen LogP contribution in [0.15, 0.2) is 29.0 Å². The maximum absolute atomic E-state index is 12.3. The largest absolute Gasteiger partial charge is 0.473 e. The summed E-state index contributed by atoms with van der Waals surface area (Å²) in [6.07, 6.45) is 7.07. The third-order valence-corrected chi connectivity index (χ3v) is 5.97. The molecule has 0 bridgehead atoms. The van der Waals surface area contributed by atoms with Crippen LogP contribution in [0.5, 0.6) is 0 Å². The molecule has 1 aromatic heterocycles. The van der Waals surface area contributed by atoms with Gasteiger partial charge in [0.1, 0.15) is 6.10 Å². The van der Waals surface area contributed by atoms with Gasteiger partial charge in [0, 0.05) is 18.8 Å². The molecule has 0 radical (unpaired) electrons. The molecule has 1 fully saturated rings. The highest BCUT2D eigenvalue weighted by Crippen LogP contribution is 2.30. The van der Waals surface area contributed by atoms with E-state index < -0.39 is 0 Å². The van der Waals surface area contributed by atoms with Gasteiger partial charge in [-0.05, 0) is 57.4 Å². The van der Waals surface area contributed by atoms with E-state index >= 15 is 0 Å². The topological polar surface area (TPSA) is 85.9 Å². The molecular weight excluding hydrogens is 430 g/mol. The lowest BCUT2D eigenvalue weighted by Gasteiger charge is -2.29. The number of aromatic nitrogens is 2. The Morgan fingerprint density at radius 3 is 2.75 bits per heavy atom. The fraction of sp³-hybridized carbons (Fsp3) is 0.625. The van der Waals surface area contributed by atoms with Crippen molar-refractivity contribution in [2.75, 3.05) is 0 Å². The summed E-state index contributed by atoms with van der Waals surface area (Å²) in [5.41, 5.74) is 2.50. The molecule has 8 heteroatoms. The van der Waals surface area contributed by atoms with Gasteiger partial charge < -0.3 is 14.6 Å². The highest BCUT2D eigenvalue weighted by Gasteiger charge is 2.30. The van der Waals surface area contributed by atoms with Crippen LogP contribution in [0.25, 0.3) is 5.57 Å². The molecule has 178 valence electrons. The van der Waals surface area contributed by atoms with Crippen LogP contribution in [-0.4, -0.2) is 39.0 Å². The standard InChI is InChI=1S/C24H36ClN3O4/c1-7-16(4)20(21-13-27-28(6)22(21)14-29)12-26-23(17(5)25)32-19-10-8-9-18(11-19)24(30)31-15(2)3/h12-13,15-16,18-19,29H,5,7-11,14H2,1-4,6H3/b20-12+,26-23+/t16?,18-,19-/m0/s1. The summed E-state index contributed by atoms with van der Waals surface area (Å²) in [5.74, 6) is 0.0611. The Hall–Kier alpha value is -2.12. The molecule has 1 heterocycles. The van der Waals surface area contributed by atoms with Crippen LogP contribution in [-0.2, 0) is 27.9 Å². The normalized spacial score (nSPS) is 20.9. The Kier molecular flexibility index (Phi) is 9.97. The van der Waals surface area contributed by atoms with E-state index in [1.54, 1.807) is 24.1 Å². The second-order valence-electron chi connectivity index (χ2n) is 8.61. The molecule has 1 saturated carbocycles. The molecule has 0 aromatic carbocycles. The van der Waals surface area contributed by atoms with Crippen molar-refractivity contribution in [1.82, 2.24) is 9.78 Å². The molecule has 32 heavy (non-hydrogen) atoms. The number of aryl methyl sites for hydroxylation is 1. The fourth-order valence-corrected chi connectivity index (χ4v) is 3.91. The molecule has 1 aromatic rings. The number of allylic oxidation sites excluding steroid dienone is 1. The van der Waals surface area contributed by atoms with Crippen molar-refractivity contribution in [1.29, 1.82) is 0 Å². The lowest BCUT2D eigenvalue weighted by Crippen LogP contribution is -2.31. The van der Waals surface area contributed by atoms with Gasteiger partial charge in [-0.3, -0.25) is 9.48 Å². The number of esters is 1. The molecule has 0 aliphatic heterocycles. The number of halogens is 1. The molecule has 0 spiro atoms. The van der Waals surface area contributed by atoms with Crippen molar-refractivity contribution in [3.8, 4) is 0 Å². The Balaban J connectivity index is 2.25. The predicted molar refractivity (Wildman–Crippen MR) is 127 cm³/mol. The maximum atomic E-state index is 12.3. The number of aliphatic hydroxyl groups is 1. The third-order valence-electron chi connectivity index (χ3n) is 5.81. The van der Waals surface area contributed by atoms with Crippen molar-refractivity contribution in [3.63, 3.8) is 0 Å². The monoisotopic (exact) mass is 465 g/mol. The van der Waals surface area contributed by atoms with Crippen LogP contribution in [0, 0.1) is 11.8 Å². The van der Waals surface area contributed by atoms with Gasteiger partial charge in [0.05, 0.1) is 35.6 Å². The minimum Gasteiger partial charge on any atom is -0.473 e. The molecule has 1 N–H and O–H groups in total. The Bertz CT molecular complexity index is 859. The average molecular weight is 466 g/mol. The summed E-state index contributed by atoms with van der Waals surface area (Å²) in [7, 11) is 1.80. The highest BCUT2D eigenvalue weighted by atomic mass is 35.5. The van der Waals surface area contributed by atoms with Gasteiger partial charge >= 0.3 is 5.97 Å². The number of aliphatic hydroxyl groups excluding tert-OH is 1. The summed E-state index contributed by atoms with van der Waals surface area (Å²) < 4.78 is 13.1. The van der Waals surface area contributed by atoms with E-state index in [-0.39, 0.29) is 47.5 Å². The lowest BCUT2D eigenvalue weighted by molar-refractivity contribution is -0.154. The van der Waals surface area contributed by atoms with Crippen molar-refractivity contribution < 1.29 is 19.4 Å². The molecule has 7 nitrogen and oxygen atoms in total. The van der Waals surface area contributed by atoms with Gasteiger partial charge in [0.2, 0.25) is 5.90 Å². The molecule has 1 aliphatic rings. The van der Waals surface area contributed by atoms with Gasteiger partial charge in [-0.25, -0.2) is 4.99 Å². The summed E-state index contributed by atoms with van der Waals surface area (Å²) in [6.45, 7) is 11.6. The van der Waals surface area contributed by atoms with E-state index in [0.29, 0.717) is 6.42 Å². The molecule has 2 rings (SSSR count). The number of carbonyl (C=O) groups is 1. The van der Waals surface area contributed by atoms with E-state index in [9.17, 15) is 9.90 Å². The first kappa shape index (κ1) is 26.1. The summed E-state index contributed by atoms with van der Waals surface area (Å²) in [4.78, 5) is 16.9. The number of ether oxygens (including phenoxy) is 2. The zero-order chi connectivity index (χ0) is 23.8. The molecule has 0 amide bonds. The van der Waals surface area contributed by atoms with E-state index in [2.05, 4.69) is 30.5 Å². The molecule has 0 saturated heterocycles. The smallest absolute Gasteiger partial charge is 0.309 e. The SMILES string of the molecule is C=C(Cl)/C(=N\C=C(\c1cnn(C)c1CO)C(C)CC)O[C@H]1CCC[C@H](C(=O)OC(C)C)C1. The summed E-state index contributed by atoms with van der Waals surface area (Å²) >= 11 is 6.21. The van der Waals surface area contributed by atoms with Gasteiger partial charge in [0.25, 0.3) is 0 Å². The Morgan fingerprint density at radius 2 is 2.16 bits per heavy atom. The summed E-state index contributed by atoms with van der Waals surface area (Å²) in [6, 6.07) is 0. The Morgan fingerprint density at radius 1 is 1.44 bits per heavy atom. The first-order chi connectivity index (χ1) is 15.2.